The highest BCUT2D eigenvalue weighted by Gasteiger charge is 2.41. The maximum atomic E-state index is 4.71. The van der Waals surface area contributed by atoms with E-state index in [4.69, 9.17) is 4.98 Å². The van der Waals surface area contributed by atoms with Crippen molar-refractivity contribution in [3.05, 3.63) is 43.0 Å². The maximum Gasteiger partial charge on any atom is 0.129 e. The lowest BCUT2D eigenvalue weighted by atomic mass is 9.89. The van der Waals surface area contributed by atoms with Gasteiger partial charge < -0.3 is 15.2 Å². The molecule has 2 N–H and O–H groups in total. The predicted molar refractivity (Wildman–Crippen MR) is 93.8 cm³/mol. The zero-order valence-electron chi connectivity index (χ0n) is 13.6. The smallest absolute Gasteiger partial charge is 0.129 e. The molecule has 6 nitrogen and oxygen atoms in total. The van der Waals surface area contributed by atoms with E-state index in [1.165, 1.54) is 6.42 Å². The third kappa shape index (κ3) is 2.14. The molecular weight excluding hydrogens is 300 g/mol. The molecule has 0 amide bonds. The maximum absolute atomic E-state index is 4.71. The number of hydrogen-bond donors (Lipinski definition) is 2. The first-order valence-corrected chi connectivity index (χ1v) is 8.41. The minimum atomic E-state index is 0.617. The van der Waals surface area contributed by atoms with Crippen LogP contribution in [0.3, 0.4) is 0 Å². The van der Waals surface area contributed by atoms with E-state index >= 15 is 0 Å². The van der Waals surface area contributed by atoms with Crippen molar-refractivity contribution in [2.45, 2.75) is 18.5 Å². The predicted octanol–water partition coefficient (Wildman–Crippen LogP) is 2.03. The lowest BCUT2D eigenvalue weighted by molar-refractivity contribution is 0.260. The molecule has 6 heteroatoms. The number of aromatic nitrogens is 4. The van der Waals surface area contributed by atoms with Crippen molar-refractivity contribution in [1.82, 2.24) is 25.1 Å². The van der Waals surface area contributed by atoms with Gasteiger partial charge in [-0.15, -0.1) is 0 Å². The average Bonchev–Trinajstić information content (AvgIpc) is 3.25. The molecule has 0 radical (unpaired) electrons. The van der Waals surface area contributed by atoms with Crippen LogP contribution in [-0.4, -0.2) is 44.9 Å². The van der Waals surface area contributed by atoms with E-state index in [1.54, 1.807) is 0 Å². The highest BCUT2D eigenvalue weighted by molar-refractivity contribution is 5.71. The molecular formula is C18H20N6. The first-order valence-electron chi connectivity index (χ1n) is 8.41. The number of rotatable bonds is 3. The molecule has 2 atom stereocenters. The molecule has 2 unspecified atom stereocenters. The van der Waals surface area contributed by atoms with Crippen molar-refractivity contribution in [1.29, 1.82) is 0 Å². The third-order valence-corrected chi connectivity index (χ3v) is 5.14. The van der Waals surface area contributed by atoms with Gasteiger partial charge in [0.2, 0.25) is 0 Å². The van der Waals surface area contributed by atoms with Gasteiger partial charge in [-0.25, -0.2) is 4.98 Å². The van der Waals surface area contributed by atoms with Gasteiger partial charge in [0.25, 0.3) is 0 Å². The van der Waals surface area contributed by atoms with Crippen LogP contribution in [0.5, 0.6) is 0 Å². The number of nitrogens with zero attached hydrogens (tertiary/aromatic N) is 4. The molecule has 2 bridgehead atoms. The fourth-order valence-electron chi connectivity index (χ4n) is 3.85. The van der Waals surface area contributed by atoms with Gasteiger partial charge in [-0.1, -0.05) is 0 Å². The molecule has 0 spiro atoms. The first-order chi connectivity index (χ1) is 11.8. The molecule has 0 aliphatic carbocycles. The Morgan fingerprint density at radius 3 is 2.62 bits per heavy atom. The van der Waals surface area contributed by atoms with E-state index in [9.17, 15) is 0 Å². The number of anilines is 1. The molecule has 2 aliphatic rings. The normalized spacial score (nSPS) is 22.5. The van der Waals surface area contributed by atoms with Crippen LogP contribution in [-0.2, 0) is 7.05 Å². The molecule has 122 valence electrons. The second-order valence-corrected chi connectivity index (χ2v) is 6.72. The summed E-state index contributed by atoms with van der Waals surface area (Å²) in [6, 6.07) is 7.70. The fraction of sp³-hybridized carbons (Fsp3) is 0.333. The summed E-state index contributed by atoms with van der Waals surface area (Å²) < 4.78 is 1.81. The summed E-state index contributed by atoms with van der Waals surface area (Å²) in [4.78, 5) is 10.5. The van der Waals surface area contributed by atoms with Gasteiger partial charge in [0.15, 0.2) is 0 Å². The Morgan fingerprint density at radius 2 is 1.96 bits per heavy atom. The van der Waals surface area contributed by atoms with Crippen LogP contribution in [0, 0.1) is 0 Å². The van der Waals surface area contributed by atoms with Crippen LogP contribution in [0.2, 0.25) is 0 Å². The quantitative estimate of drug-likeness (QED) is 0.775. The molecule has 2 fully saturated rings. The van der Waals surface area contributed by atoms with Gasteiger partial charge in [-0.3, -0.25) is 4.68 Å². The molecule has 2 saturated heterocycles. The third-order valence-electron chi connectivity index (χ3n) is 5.14. The van der Waals surface area contributed by atoms with E-state index in [0.717, 1.165) is 41.3 Å². The Morgan fingerprint density at radius 1 is 1.08 bits per heavy atom. The summed E-state index contributed by atoms with van der Waals surface area (Å²) >= 11 is 0. The summed E-state index contributed by atoms with van der Waals surface area (Å²) in [5.74, 6) is 1.10. The number of H-pyrrole nitrogens is 1. The minimum absolute atomic E-state index is 0.617. The number of hydrogen-bond acceptors (Lipinski definition) is 4. The fourth-order valence-corrected chi connectivity index (χ4v) is 3.85. The molecule has 5 rings (SSSR count). The van der Waals surface area contributed by atoms with Crippen LogP contribution in [0.25, 0.3) is 22.4 Å². The highest BCUT2D eigenvalue weighted by Crippen LogP contribution is 2.34. The summed E-state index contributed by atoms with van der Waals surface area (Å²) in [5, 5.41) is 7.68. The zero-order valence-corrected chi connectivity index (χ0v) is 13.6. The van der Waals surface area contributed by atoms with Crippen LogP contribution in [0.4, 0.5) is 5.82 Å². The second kappa shape index (κ2) is 5.21. The summed E-state index contributed by atoms with van der Waals surface area (Å²) in [6.45, 7) is 2.15. The van der Waals surface area contributed by atoms with E-state index < -0.39 is 0 Å². The minimum Gasteiger partial charge on any atom is -0.360 e. The zero-order chi connectivity index (χ0) is 16.1. The Hall–Kier alpha value is -2.60. The van der Waals surface area contributed by atoms with Gasteiger partial charge in [-0.05, 0) is 24.6 Å². The summed E-state index contributed by atoms with van der Waals surface area (Å²) in [7, 11) is 1.93. The van der Waals surface area contributed by atoms with Crippen molar-refractivity contribution >= 4 is 5.82 Å². The van der Waals surface area contributed by atoms with Gasteiger partial charge in [0.1, 0.15) is 5.82 Å². The van der Waals surface area contributed by atoms with E-state index in [-0.39, 0.29) is 0 Å². The van der Waals surface area contributed by atoms with Crippen LogP contribution >= 0.6 is 0 Å². The van der Waals surface area contributed by atoms with Crippen molar-refractivity contribution in [3.8, 4) is 22.4 Å². The van der Waals surface area contributed by atoms with Gasteiger partial charge in [0, 0.05) is 73.2 Å². The van der Waals surface area contributed by atoms with Crippen molar-refractivity contribution < 1.29 is 0 Å². The lowest BCUT2D eigenvalue weighted by Gasteiger charge is -2.53. The number of piperidine rings is 1. The van der Waals surface area contributed by atoms with Crippen molar-refractivity contribution in [2.75, 3.05) is 18.0 Å². The number of nitrogens with one attached hydrogen (secondary N) is 2. The molecule has 0 aromatic carbocycles. The second-order valence-electron chi connectivity index (χ2n) is 6.72. The van der Waals surface area contributed by atoms with Gasteiger partial charge in [0.05, 0.1) is 6.20 Å². The average molecular weight is 320 g/mol. The first kappa shape index (κ1) is 13.8. The van der Waals surface area contributed by atoms with Gasteiger partial charge in [-0.2, -0.15) is 5.10 Å². The van der Waals surface area contributed by atoms with Crippen LogP contribution < -0.4 is 10.2 Å². The topological polar surface area (TPSA) is 61.8 Å². The molecule has 0 saturated carbocycles. The van der Waals surface area contributed by atoms with Crippen molar-refractivity contribution in [3.63, 3.8) is 0 Å². The van der Waals surface area contributed by atoms with E-state index in [2.05, 4.69) is 38.5 Å². The Labute approximate surface area is 140 Å². The van der Waals surface area contributed by atoms with Crippen LogP contribution in [0.15, 0.2) is 43.0 Å². The van der Waals surface area contributed by atoms with Gasteiger partial charge >= 0.3 is 0 Å². The molecule has 5 heterocycles. The molecule has 2 aliphatic heterocycles. The molecule has 3 aromatic heterocycles. The number of piperazine rings is 1. The number of aromatic amines is 1. The summed E-state index contributed by atoms with van der Waals surface area (Å²) in [5.41, 5.74) is 4.45. The number of aryl methyl sites for hydroxylation is 1. The molecule has 3 aromatic rings. The van der Waals surface area contributed by atoms with Crippen LogP contribution in [0.1, 0.15) is 6.42 Å². The Bertz CT molecular complexity index is 848. The number of fused-ring (bicyclic) bond motifs is 2. The van der Waals surface area contributed by atoms with E-state index in [0.29, 0.717) is 12.1 Å². The Kier molecular flexibility index (Phi) is 2.99. The van der Waals surface area contributed by atoms with Crippen molar-refractivity contribution in [2.24, 2.45) is 7.05 Å². The SMILES string of the molecule is Cn1cc(-c2cc(-c3ccc(N4C5CNCC4C5)nc3)c[nH]2)cn1. The highest BCUT2D eigenvalue weighted by atomic mass is 15.3. The Balaban J connectivity index is 1.39. The summed E-state index contributed by atoms with van der Waals surface area (Å²) in [6.07, 6.45) is 9.18. The van der Waals surface area contributed by atoms with E-state index in [1.807, 2.05) is 36.5 Å². The monoisotopic (exact) mass is 320 g/mol. The lowest BCUT2D eigenvalue weighted by Crippen LogP contribution is -2.68. The number of pyridine rings is 1. The molecule has 24 heavy (non-hydrogen) atoms. The standard InChI is InChI=1S/C18H20N6/c1-23-11-14(8-22-23)17-4-13(7-20-17)12-2-3-18(21-6-12)24-15-5-16(24)10-19-9-15/h2-4,6-8,11,15-16,19-20H,5,9-10H2,1H3. The largest absolute Gasteiger partial charge is 0.360 e.